The molecule has 0 radical (unpaired) electrons. The summed E-state index contributed by atoms with van der Waals surface area (Å²) in [6.07, 6.45) is 1.35. The van der Waals surface area contributed by atoms with Crippen molar-refractivity contribution in [2.24, 2.45) is 23.7 Å². The smallest absolute Gasteiger partial charge is 0.303 e. The van der Waals surface area contributed by atoms with Gasteiger partial charge in [-0.15, -0.1) is 0 Å². The van der Waals surface area contributed by atoms with Gasteiger partial charge in [-0.25, -0.2) is 0 Å². The van der Waals surface area contributed by atoms with Crippen molar-refractivity contribution in [3.05, 3.63) is 12.2 Å². The first-order chi connectivity index (χ1) is 14.5. The predicted octanol–water partition coefficient (Wildman–Crippen LogP) is 3.38. The monoisotopic (exact) mass is 438 g/mol. The maximum absolute atomic E-state index is 11.6. The maximum atomic E-state index is 11.6. The summed E-state index contributed by atoms with van der Waals surface area (Å²) in [6, 6.07) is 0. The lowest BCUT2D eigenvalue weighted by Gasteiger charge is -2.44. The molecule has 0 spiro atoms. The molecule has 2 saturated carbocycles. The van der Waals surface area contributed by atoms with E-state index in [-0.39, 0.29) is 12.5 Å². The number of hydrogen-bond donors (Lipinski definition) is 1. The Labute approximate surface area is 185 Å². The highest BCUT2D eigenvalue weighted by atomic mass is 16.7. The average molecular weight is 439 g/mol. The molecule has 1 aliphatic heterocycles. The van der Waals surface area contributed by atoms with Gasteiger partial charge in [0.1, 0.15) is 6.10 Å². The first-order valence-corrected chi connectivity index (χ1v) is 11.5. The van der Waals surface area contributed by atoms with Crippen molar-refractivity contribution in [2.75, 3.05) is 6.61 Å². The normalized spacial score (nSPS) is 38.8. The number of ether oxygens (including phenoxy) is 4. The van der Waals surface area contributed by atoms with Crippen LogP contribution in [0.25, 0.3) is 0 Å². The van der Waals surface area contributed by atoms with Crippen LogP contribution in [0.1, 0.15) is 66.7 Å². The third-order valence-corrected chi connectivity index (χ3v) is 7.50. The summed E-state index contributed by atoms with van der Waals surface area (Å²) in [7, 11) is 0. The third kappa shape index (κ3) is 5.49. The largest absolute Gasteiger partial charge is 0.456 e. The highest BCUT2D eigenvalue weighted by molar-refractivity contribution is 5.67. The van der Waals surface area contributed by atoms with Crippen LogP contribution in [0.5, 0.6) is 0 Å². The molecule has 2 aliphatic carbocycles. The molecule has 1 saturated heterocycles. The molecule has 0 aromatic carbocycles. The molecule has 0 aromatic rings. The summed E-state index contributed by atoms with van der Waals surface area (Å²) in [5.41, 5.74) is 0.804. The van der Waals surface area contributed by atoms with Crippen molar-refractivity contribution in [1.82, 2.24) is 0 Å². The Morgan fingerprint density at radius 1 is 1.13 bits per heavy atom. The number of aliphatic hydroxyl groups is 1. The third-order valence-electron chi connectivity index (χ3n) is 7.50. The van der Waals surface area contributed by atoms with Crippen LogP contribution in [0.4, 0.5) is 0 Å². The minimum atomic E-state index is -1.26. The Kier molecular flexibility index (Phi) is 7.49. The summed E-state index contributed by atoms with van der Waals surface area (Å²) >= 11 is 0. The first kappa shape index (κ1) is 24.2. The van der Waals surface area contributed by atoms with Crippen LogP contribution in [-0.4, -0.2) is 53.9 Å². The summed E-state index contributed by atoms with van der Waals surface area (Å²) in [5, 5.41) is 10.9. The molecular weight excluding hydrogens is 400 g/mol. The fraction of sp³-hybridized carbons (Fsp3) is 0.833. The van der Waals surface area contributed by atoms with Crippen LogP contribution >= 0.6 is 0 Å². The van der Waals surface area contributed by atoms with E-state index in [1.54, 1.807) is 0 Å². The zero-order valence-electron chi connectivity index (χ0n) is 19.5. The number of fused-ring (bicyclic) bond motifs is 1. The minimum Gasteiger partial charge on any atom is -0.456 e. The van der Waals surface area contributed by atoms with E-state index in [0.717, 1.165) is 19.3 Å². The second-order valence-electron chi connectivity index (χ2n) is 10.1. The molecule has 8 atom stereocenters. The number of hydrogen-bond acceptors (Lipinski definition) is 7. The van der Waals surface area contributed by atoms with Gasteiger partial charge in [0.2, 0.25) is 0 Å². The Morgan fingerprint density at radius 2 is 1.81 bits per heavy atom. The van der Waals surface area contributed by atoms with Gasteiger partial charge in [0.05, 0.1) is 12.2 Å². The van der Waals surface area contributed by atoms with Crippen molar-refractivity contribution in [3.63, 3.8) is 0 Å². The van der Waals surface area contributed by atoms with Crippen molar-refractivity contribution in [1.29, 1.82) is 0 Å². The molecule has 3 fully saturated rings. The average Bonchev–Trinajstić information content (AvgIpc) is 2.93. The predicted molar refractivity (Wildman–Crippen MR) is 114 cm³/mol. The molecule has 7 heteroatoms. The van der Waals surface area contributed by atoms with Crippen molar-refractivity contribution in [3.8, 4) is 0 Å². The Hall–Kier alpha value is -1.44. The van der Waals surface area contributed by atoms with Crippen LogP contribution in [0.15, 0.2) is 12.2 Å². The van der Waals surface area contributed by atoms with E-state index in [2.05, 4.69) is 13.5 Å². The number of esters is 2. The molecule has 3 aliphatic rings. The zero-order valence-corrected chi connectivity index (χ0v) is 19.5. The van der Waals surface area contributed by atoms with Crippen LogP contribution in [0, 0.1) is 23.7 Å². The number of carbonyl (C=O) groups is 2. The van der Waals surface area contributed by atoms with E-state index in [4.69, 9.17) is 18.9 Å². The molecule has 3 rings (SSSR count). The van der Waals surface area contributed by atoms with Gasteiger partial charge in [0, 0.05) is 13.8 Å². The topological polar surface area (TPSA) is 91.3 Å². The second kappa shape index (κ2) is 9.59. The SMILES string of the molecule is C=C1CCC(C(C)(C)OC2OCC(OC(C)=O)C(OC(C)=O)C2O)CC2C(C)CCC12. The Balaban J connectivity index is 1.71. The van der Waals surface area contributed by atoms with Gasteiger partial charge < -0.3 is 24.1 Å². The lowest BCUT2D eigenvalue weighted by molar-refractivity contribution is -0.307. The van der Waals surface area contributed by atoms with Crippen molar-refractivity contribution in [2.45, 2.75) is 96.9 Å². The van der Waals surface area contributed by atoms with Crippen molar-refractivity contribution >= 4 is 11.9 Å². The molecule has 31 heavy (non-hydrogen) atoms. The van der Waals surface area contributed by atoms with Crippen LogP contribution in [-0.2, 0) is 28.5 Å². The molecule has 1 heterocycles. The Bertz CT molecular complexity index is 687. The van der Waals surface area contributed by atoms with Crippen molar-refractivity contribution < 1.29 is 33.6 Å². The molecular formula is C24H38O7. The van der Waals surface area contributed by atoms with Crippen LogP contribution in [0.3, 0.4) is 0 Å². The van der Waals surface area contributed by atoms with Gasteiger partial charge in [-0.2, -0.15) is 0 Å². The fourth-order valence-electron chi connectivity index (χ4n) is 5.70. The molecule has 0 amide bonds. The quantitative estimate of drug-likeness (QED) is 0.520. The molecule has 8 unspecified atom stereocenters. The number of rotatable bonds is 5. The lowest BCUT2D eigenvalue weighted by atomic mass is 9.77. The molecule has 176 valence electrons. The molecule has 7 nitrogen and oxygen atoms in total. The fourth-order valence-corrected chi connectivity index (χ4v) is 5.70. The van der Waals surface area contributed by atoms with Gasteiger partial charge in [-0.1, -0.05) is 19.1 Å². The summed E-state index contributed by atoms with van der Waals surface area (Å²) in [5.74, 6) is 1.08. The molecule has 0 aromatic heterocycles. The maximum Gasteiger partial charge on any atom is 0.303 e. The van der Waals surface area contributed by atoms with E-state index in [1.165, 1.54) is 32.3 Å². The number of allylic oxidation sites excluding steroid dienone is 1. The molecule has 0 bridgehead atoms. The minimum absolute atomic E-state index is 0.0153. The van der Waals surface area contributed by atoms with Gasteiger partial charge in [0.25, 0.3) is 0 Å². The van der Waals surface area contributed by atoms with E-state index >= 15 is 0 Å². The summed E-state index contributed by atoms with van der Waals surface area (Å²) in [4.78, 5) is 23.0. The van der Waals surface area contributed by atoms with E-state index in [9.17, 15) is 14.7 Å². The van der Waals surface area contributed by atoms with Gasteiger partial charge in [-0.3, -0.25) is 9.59 Å². The summed E-state index contributed by atoms with van der Waals surface area (Å²) < 4.78 is 22.5. The first-order valence-electron chi connectivity index (χ1n) is 11.5. The summed E-state index contributed by atoms with van der Waals surface area (Å²) in [6.45, 7) is 13.3. The van der Waals surface area contributed by atoms with Crippen LogP contribution < -0.4 is 0 Å². The zero-order chi connectivity index (χ0) is 22.9. The van der Waals surface area contributed by atoms with E-state index in [1.807, 2.05) is 13.8 Å². The van der Waals surface area contributed by atoms with Crippen LogP contribution in [0.2, 0.25) is 0 Å². The number of aliphatic hydroxyl groups excluding tert-OH is 1. The number of carbonyl (C=O) groups excluding carboxylic acids is 2. The Morgan fingerprint density at radius 3 is 2.45 bits per heavy atom. The highest BCUT2D eigenvalue weighted by Gasteiger charge is 2.48. The highest BCUT2D eigenvalue weighted by Crippen LogP contribution is 2.50. The van der Waals surface area contributed by atoms with Gasteiger partial charge in [-0.05, 0) is 69.6 Å². The van der Waals surface area contributed by atoms with E-state index in [0.29, 0.717) is 17.8 Å². The lowest BCUT2D eigenvalue weighted by Crippen LogP contribution is -2.58. The standard InChI is InChI=1S/C24H38O7/c1-13-7-9-17(11-19-14(2)8-10-18(13)19)24(5,6)31-23-21(27)22(30-16(4)26)20(12-28-23)29-15(3)25/h14,17-23,27H,1,7-12H2,2-6H3. The van der Waals surface area contributed by atoms with E-state index < -0.39 is 42.1 Å². The molecule has 1 N–H and O–H groups in total. The second-order valence-corrected chi connectivity index (χ2v) is 10.1. The van der Waals surface area contributed by atoms with Gasteiger partial charge in [0.15, 0.2) is 18.5 Å². The van der Waals surface area contributed by atoms with Gasteiger partial charge >= 0.3 is 11.9 Å².